The molecule has 19 heavy (non-hydrogen) atoms. The summed E-state index contributed by atoms with van der Waals surface area (Å²) in [6.07, 6.45) is 0. The maximum Gasteiger partial charge on any atom is 0.351 e. The minimum absolute atomic E-state index is 0.00498. The summed E-state index contributed by atoms with van der Waals surface area (Å²) in [7, 11) is 1.23. The molecule has 0 N–H and O–H groups in total. The fraction of sp³-hybridized carbons (Fsp3) is 0.0833. The summed E-state index contributed by atoms with van der Waals surface area (Å²) in [6.45, 7) is 0. The van der Waals surface area contributed by atoms with Gasteiger partial charge in [0, 0.05) is 5.56 Å². The second-order valence-electron chi connectivity index (χ2n) is 3.47. The van der Waals surface area contributed by atoms with Crippen LogP contribution in [0.15, 0.2) is 18.2 Å². The van der Waals surface area contributed by atoms with Crippen molar-refractivity contribution in [3.05, 3.63) is 39.6 Å². The first-order valence-corrected chi connectivity index (χ1v) is 6.20. The maximum absolute atomic E-state index is 13.3. The van der Waals surface area contributed by atoms with Gasteiger partial charge in [-0.2, -0.15) is 5.26 Å². The number of aromatic nitrogens is 1. The molecule has 1 aromatic carbocycles. The minimum Gasteiger partial charge on any atom is -0.465 e. The number of rotatable bonds is 2. The number of halogens is 2. The first-order valence-electron chi connectivity index (χ1n) is 5.01. The zero-order valence-corrected chi connectivity index (χ0v) is 11.2. The lowest BCUT2D eigenvalue weighted by Crippen LogP contribution is -1.98. The first-order chi connectivity index (χ1) is 9.05. The van der Waals surface area contributed by atoms with Crippen molar-refractivity contribution >= 4 is 28.9 Å². The number of methoxy groups -OCH3 is 1. The first kappa shape index (κ1) is 13.5. The summed E-state index contributed by atoms with van der Waals surface area (Å²) in [5.41, 5.74) is 0.555. The fourth-order valence-corrected chi connectivity index (χ4v) is 2.61. The van der Waals surface area contributed by atoms with Crippen LogP contribution in [0.2, 0.25) is 5.15 Å². The van der Waals surface area contributed by atoms with Crippen LogP contribution in [0.5, 0.6) is 0 Å². The molecule has 2 aromatic rings. The summed E-state index contributed by atoms with van der Waals surface area (Å²) in [6, 6.07) is 5.65. The lowest BCUT2D eigenvalue weighted by Gasteiger charge is -1.97. The Morgan fingerprint density at radius 1 is 1.53 bits per heavy atom. The molecule has 1 aromatic heterocycles. The van der Waals surface area contributed by atoms with Crippen LogP contribution in [0, 0.1) is 17.1 Å². The quantitative estimate of drug-likeness (QED) is 0.798. The number of esters is 1. The molecule has 0 saturated heterocycles. The van der Waals surface area contributed by atoms with Gasteiger partial charge in [0.25, 0.3) is 0 Å². The molecule has 0 fully saturated rings. The van der Waals surface area contributed by atoms with Gasteiger partial charge in [0.15, 0.2) is 10.0 Å². The molecule has 0 atom stereocenters. The smallest absolute Gasteiger partial charge is 0.351 e. The van der Waals surface area contributed by atoms with Gasteiger partial charge < -0.3 is 4.74 Å². The summed E-state index contributed by atoms with van der Waals surface area (Å²) in [4.78, 5) is 15.5. The number of nitriles is 1. The molecule has 96 valence electrons. The van der Waals surface area contributed by atoms with Crippen LogP contribution in [0.3, 0.4) is 0 Å². The molecular formula is C12H6ClFN2O2S. The van der Waals surface area contributed by atoms with Crippen molar-refractivity contribution in [3.63, 3.8) is 0 Å². The molecule has 1 heterocycles. The number of hydrogen-bond acceptors (Lipinski definition) is 5. The van der Waals surface area contributed by atoms with Crippen molar-refractivity contribution in [2.45, 2.75) is 0 Å². The van der Waals surface area contributed by atoms with Crippen LogP contribution in [-0.2, 0) is 4.74 Å². The highest BCUT2D eigenvalue weighted by molar-refractivity contribution is 7.17. The van der Waals surface area contributed by atoms with Crippen molar-refractivity contribution in [1.29, 1.82) is 5.26 Å². The highest BCUT2D eigenvalue weighted by Gasteiger charge is 2.18. The monoisotopic (exact) mass is 296 g/mol. The van der Waals surface area contributed by atoms with E-state index in [2.05, 4.69) is 9.72 Å². The number of ether oxygens (including phenoxy) is 1. The highest BCUT2D eigenvalue weighted by atomic mass is 35.5. The van der Waals surface area contributed by atoms with Gasteiger partial charge >= 0.3 is 5.97 Å². The molecule has 2 rings (SSSR count). The Morgan fingerprint density at radius 2 is 2.26 bits per heavy atom. The van der Waals surface area contributed by atoms with E-state index in [0.717, 1.165) is 17.4 Å². The molecule has 0 aliphatic carbocycles. The van der Waals surface area contributed by atoms with Gasteiger partial charge in [0.2, 0.25) is 0 Å². The van der Waals surface area contributed by atoms with E-state index in [0.29, 0.717) is 10.6 Å². The van der Waals surface area contributed by atoms with Crippen molar-refractivity contribution < 1.29 is 13.9 Å². The summed E-state index contributed by atoms with van der Waals surface area (Å²) < 4.78 is 17.9. The number of carbonyl (C=O) groups is 1. The third-order valence-electron chi connectivity index (χ3n) is 2.23. The molecule has 4 nitrogen and oxygen atoms in total. The third kappa shape index (κ3) is 2.72. The fourth-order valence-electron chi connectivity index (χ4n) is 1.42. The highest BCUT2D eigenvalue weighted by Crippen LogP contribution is 2.32. The summed E-state index contributed by atoms with van der Waals surface area (Å²) in [5.74, 6) is -1.16. The van der Waals surface area contributed by atoms with Gasteiger partial charge in [-0.3, -0.25) is 0 Å². The summed E-state index contributed by atoms with van der Waals surface area (Å²) in [5, 5.41) is 9.13. The molecular weight excluding hydrogens is 291 g/mol. The van der Waals surface area contributed by atoms with Crippen molar-refractivity contribution in [2.24, 2.45) is 0 Å². The number of thiazole rings is 1. The maximum atomic E-state index is 13.3. The lowest BCUT2D eigenvalue weighted by molar-refractivity contribution is 0.0606. The Labute approximate surface area is 117 Å². The molecule has 0 unspecified atom stereocenters. The minimum atomic E-state index is -0.606. The van der Waals surface area contributed by atoms with Crippen molar-refractivity contribution in [1.82, 2.24) is 4.98 Å². The summed E-state index contributed by atoms with van der Waals surface area (Å²) >= 11 is 6.80. The van der Waals surface area contributed by atoms with E-state index in [1.165, 1.54) is 19.2 Å². The van der Waals surface area contributed by atoms with E-state index < -0.39 is 11.8 Å². The van der Waals surface area contributed by atoms with Gasteiger partial charge in [0.05, 0.1) is 18.7 Å². The predicted molar refractivity (Wildman–Crippen MR) is 68.6 cm³/mol. The predicted octanol–water partition coefficient (Wildman–Crippen LogP) is 3.26. The molecule has 0 aliphatic rings. The number of hydrogen-bond donors (Lipinski definition) is 0. The van der Waals surface area contributed by atoms with Crippen molar-refractivity contribution in [2.75, 3.05) is 7.11 Å². The van der Waals surface area contributed by atoms with E-state index in [-0.39, 0.29) is 15.6 Å². The molecule has 0 radical (unpaired) electrons. The molecule has 7 heteroatoms. The van der Waals surface area contributed by atoms with E-state index in [1.54, 1.807) is 0 Å². The van der Waals surface area contributed by atoms with Crippen LogP contribution < -0.4 is 0 Å². The van der Waals surface area contributed by atoms with Gasteiger partial charge in [-0.15, -0.1) is 11.3 Å². The largest absolute Gasteiger partial charge is 0.465 e. The standard InChI is InChI=1S/C12H6ClFN2O2S/c1-18-12(17)9-10(13)16-11(19-9)7-2-6(5-15)3-8(14)4-7/h2-4H,1H3. The number of benzene rings is 1. The average Bonchev–Trinajstić information content (AvgIpc) is 2.79. The number of carbonyl (C=O) groups excluding carboxylic acids is 1. The Hall–Kier alpha value is -1.97. The van der Waals surface area contributed by atoms with E-state index in [1.807, 2.05) is 6.07 Å². The van der Waals surface area contributed by atoms with Crippen LogP contribution >= 0.6 is 22.9 Å². The molecule has 0 bridgehead atoms. The molecule has 0 saturated carbocycles. The zero-order valence-electron chi connectivity index (χ0n) is 9.61. The van der Waals surface area contributed by atoms with Gasteiger partial charge in [-0.1, -0.05) is 11.6 Å². The van der Waals surface area contributed by atoms with Crippen LogP contribution in [0.1, 0.15) is 15.2 Å². The Balaban J connectivity index is 2.51. The molecule has 0 amide bonds. The average molecular weight is 297 g/mol. The molecule has 0 spiro atoms. The zero-order chi connectivity index (χ0) is 14.0. The van der Waals surface area contributed by atoms with E-state index in [4.69, 9.17) is 16.9 Å². The van der Waals surface area contributed by atoms with Gasteiger partial charge in [-0.05, 0) is 18.2 Å². The van der Waals surface area contributed by atoms with Gasteiger partial charge in [-0.25, -0.2) is 14.2 Å². The Kier molecular flexibility index (Phi) is 3.79. The third-order valence-corrected chi connectivity index (χ3v) is 3.70. The SMILES string of the molecule is COC(=O)c1sc(-c2cc(F)cc(C#N)c2)nc1Cl. The van der Waals surface area contributed by atoms with Crippen LogP contribution in [0.25, 0.3) is 10.6 Å². The van der Waals surface area contributed by atoms with Crippen LogP contribution in [-0.4, -0.2) is 18.1 Å². The van der Waals surface area contributed by atoms with Gasteiger partial charge in [0.1, 0.15) is 10.8 Å². The van der Waals surface area contributed by atoms with E-state index in [9.17, 15) is 9.18 Å². The Morgan fingerprint density at radius 3 is 2.89 bits per heavy atom. The van der Waals surface area contributed by atoms with Crippen molar-refractivity contribution in [3.8, 4) is 16.6 Å². The second-order valence-corrected chi connectivity index (χ2v) is 4.83. The Bertz CT molecular complexity index is 694. The second kappa shape index (κ2) is 5.34. The number of nitrogens with zero attached hydrogens (tertiary/aromatic N) is 2. The molecule has 0 aliphatic heterocycles. The van der Waals surface area contributed by atoms with Crippen LogP contribution in [0.4, 0.5) is 4.39 Å². The normalized spacial score (nSPS) is 10.0. The van der Waals surface area contributed by atoms with E-state index >= 15 is 0 Å². The lowest BCUT2D eigenvalue weighted by atomic mass is 10.1. The topological polar surface area (TPSA) is 63.0 Å².